The van der Waals surface area contributed by atoms with Crippen molar-refractivity contribution in [2.75, 3.05) is 11.1 Å². The summed E-state index contributed by atoms with van der Waals surface area (Å²) in [6, 6.07) is 7.11. The molecule has 5 nitrogen and oxygen atoms in total. The molecule has 2 heterocycles. The molecule has 1 unspecified atom stereocenters. The second kappa shape index (κ2) is 4.33. The van der Waals surface area contributed by atoms with Crippen molar-refractivity contribution in [1.82, 2.24) is 10.2 Å². The summed E-state index contributed by atoms with van der Waals surface area (Å²) in [5.74, 6) is 0.167. The van der Waals surface area contributed by atoms with Gasteiger partial charge >= 0.3 is 0 Å². The van der Waals surface area contributed by atoms with Gasteiger partial charge in [-0.2, -0.15) is 0 Å². The van der Waals surface area contributed by atoms with Crippen molar-refractivity contribution in [2.45, 2.75) is 17.4 Å². The summed E-state index contributed by atoms with van der Waals surface area (Å²) in [7, 11) is -3.13. The average Bonchev–Trinajstić information content (AvgIpc) is 2.86. The molecular weight excluding hydrogens is 270 g/mol. The van der Waals surface area contributed by atoms with E-state index in [4.69, 9.17) is 0 Å². The molecule has 1 aromatic heterocycles. The van der Waals surface area contributed by atoms with Gasteiger partial charge in [-0.15, -0.1) is 10.2 Å². The second-order valence-corrected chi connectivity index (χ2v) is 7.00. The van der Waals surface area contributed by atoms with Gasteiger partial charge in [0, 0.05) is 0 Å². The van der Waals surface area contributed by atoms with Crippen molar-refractivity contribution in [2.24, 2.45) is 0 Å². The van der Waals surface area contributed by atoms with Crippen molar-refractivity contribution < 1.29 is 8.42 Å². The van der Waals surface area contributed by atoms with Crippen molar-refractivity contribution in [1.29, 1.82) is 0 Å². The van der Waals surface area contributed by atoms with Gasteiger partial charge in [0.05, 0.1) is 16.7 Å². The van der Waals surface area contributed by atoms with Crippen LogP contribution < -0.4 is 5.32 Å². The first-order chi connectivity index (χ1) is 8.67. The van der Waals surface area contributed by atoms with E-state index in [9.17, 15) is 8.42 Å². The van der Waals surface area contributed by atoms with Gasteiger partial charge in [-0.05, 0) is 18.1 Å². The maximum Gasteiger partial charge on any atom is 0.205 e. The summed E-state index contributed by atoms with van der Waals surface area (Å²) in [5.41, 5.74) is 2.47. The van der Waals surface area contributed by atoms with E-state index in [2.05, 4.69) is 15.5 Å². The van der Waals surface area contributed by atoms with Gasteiger partial charge in [-0.25, -0.2) is 8.42 Å². The lowest BCUT2D eigenvalue weighted by Crippen LogP contribution is -2.24. The smallest absolute Gasteiger partial charge is 0.205 e. The van der Waals surface area contributed by atoms with E-state index in [1.807, 2.05) is 12.1 Å². The van der Waals surface area contributed by atoms with Gasteiger partial charge in [-0.3, -0.25) is 0 Å². The normalized spacial score (nSPS) is 21.2. The number of benzene rings is 1. The highest BCUT2D eigenvalue weighted by atomic mass is 32.2. The Labute approximate surface area is 109 Å². The van der Waals surface area contributed by atoms with Gasteiger partial charge in [-0.1, -0.05) is 29.5 Å². The molecule has 0 radical (unpaired) electrons. The zero-order valence-electron chi connectivity index (χ0n) is 9.41. The number of anilines is 1. The molecule has 0 saturated carbocycles. The van der Waals surface area contributed by atoms with Gasteiger partial charge in [0.15, 0.2) is 9.84 Å². The number of sulfone groups is 1. The highest BCUT2D eigenvalue weighted by Crippen LogP contribution is 2.34. The Morgan fingerprint density at radius 3 is 2.94 bits per heavy atom. The van der Waals surface area contributed by atoms with Crippen LogP contribution in [-0.2, 0) is 9.84 Å². The van der Waals surface area contributed by atoms with E-state index in [0.717, 1.165) is 5.56 Å². The molecule has 1 atom stereocenters. The lowest BCUT2D eigenvalue weighted by Gasteiger charge is -2.25. The topological polar surface area (TPSA) is 72.0 Å². The Balaban J connectivity index is 2.00. The van der Waals surface area contributed by atoms with Crippen LogP contribution in [0.2, 0.25) is 0 Å². The molecule has 7 heteroatoms. The largest absolute Gasteiger partial charge is 0.353 e. The minimum atomic E-state index is -3.13. The summed E-state index contributed by atoms with van der Waals surface area (Å²) in [6.45, 7) is 0. The van der Waals surface area contributed by atoms with E-state index in [0.29, 0.717) is 16.4 Å². The lowest BCUT2D eigenvalue weighted by atomic mass is 10.0. The summed E-state index contributed by atoms with van der Waals surface area (Å²) < 4.78 is 23.9. The third kappa shape index (κ3) is 1.99. The average molecular weight is 281 g/mol. The van der Waals surface area contributed by atoms with Crippen LogP contribution in [0, 0.1) is 0 Å². The van der Waals surface area contributed by atoms with E-state index < -0.39 is 9.84 Å². The van der Waals surface area contributed by atoms with Crippen LogP contribution in [0.1, 0.15) is 18.0 Å². The van der Waals surface area contributed by atoms with Crippen molar-refractivity contribution in [3.63, 3.8) is 0 Å². The Hall–Kier alpha value is -1.47. The summed E-state index contributed by atoms with van der Waals surface area (Å²) >= 11 is 1.41. The first kappa shape index (κ1) is 11.6. The van der Waals surface area contributed by atoms with Crippen molar-refractivity contribution >= 4 is 26.3 Å². The zero-order valence-corrected chi connectivity index (χ0v) is 11.0. The quantitative estimate of drug-likeness (QED) is 0.909. The number of rotatable bonds is 2. The van der Waals surface area contributed by atoms with Crippen LogP contribution in [0.25, 0.3) is 0 Å². The zero-order chi connectivity index (χ0) is 12.6. The van der Waals surface area contributed by atoms with Crippen LogP contribution >= 0.6 is 11.3 Å². The van der Waals surface area contributed by atoms with Crippen LogP contribution in [0.15, 0.2) is 34.7 Å². The minimum absolute atomic E-state index is 0.0160. The Morgan fingerprint density at radius 1 is 1.33 bits per heavy atom. The summed E-state index contributed by atoms with van der Waals surface area (Å²) in [5, 5.41) is 11.6. The number of nitrogens with one attached hydrogen (secondary N) is 1. The standard InChI is InChI=1S/C11H11N3O2S2/c15-18(16)6-5-9(13-11-14-12-7-17-11)8-3-1-2-4-10(8)18/h1-4,7,9H,5-6H2,(H,13,14). The number of hydrogen-bond acceptors (Lipinski definition) is 6. The van der Waals surface area contributed by atoms with Crippen LogP contribution in [-0.4, -0.2) is 24.4 Å². The molecule has 0 bridgehead atoms. The van der Waals surface area contributed by atoms with Crippen molar-refractivity contribution in [3.05, 3.63) is 35.3 Å². The van der Waals surface area contributed by atoms with E-state index in [-0.39, 0.29) is 11.8 Å². The van der Waals surface area contributed by atoms with Crippen molar-refractivity contribution in [3.8, 4) is 0 Å². The highest BCUT2D eigenvalue weighted by molar-refractivity contribution is 7.91. The van der Waals surface area contributed by atoms with Gasteiger partial charge in [0.2, 0.25) is 5.13 Å². The minimum Gasteiger partial charge on any atom is -0.353 e. The molecule has 3 rings (SSSR count). The van der Waals surface area contributed by atoms with Crippen LogP contribution in [0.4, 0.5) is 5.13 Å². The van der Waals surface area contributed by atoms with E-state index >= 15 is 0 Å². The lowest BCUT2D eigenvalue weighted by molar-refractivity contribution is 0.576. The molecule has 1 aromatic carbocycles. The third-order valence-corrected chi connectivity index (χ3v) is 5.40. The molecule has 0 spiro atoms. The maximum absolute atomic E-state index is 12.0. The fourth-order valence-electron chi connectivity index (χ4n) is 2.13. The molecular formula is C11H11N3O2S2. The second-order valence-electron chi connectivity index (χ2n) is 4.09. The predicted molar refractivity (Wildman–Crippen MR) is 69.4 cm³/mol. The molecule has 0 fully saturated rings. The number of fused-ring (bicyclic) bond motifs is 1. The van der Waals surface area contributed by atoms with Gasteiger partial charge in [0.1, 0.15) is 5.51 Å². The molecule has 0 saturated heterocycles. The van der Waals surface area contributed by atoms with E-state index in [1.165, 1.54) is 11.3 Å². The molecule has 18 heavy (non-hydrogen) atoms. The predicted octanol–water partition coefficient (Wildman–Crippen LogP) is 1.87. The van der Waals surface area contributed by atoms with E-state index in [1.54, 1.807) is 17.6 Å². The third-order valence-electron chi connectivity index (χ3n) is 2.96. The number of aromatic nitrogens is 2. The maximum atomic E-state index is 12.0. The highest BCUT2D eigenvalue weighted by Gasteiger charge is 2.30. The summed E-state index contributed by atoms with van der Waals surface area (Å²) in [6.07, 6.45) is 0.554. The Morgan fingerprint density at radius 2 is 2.17 bits per heavy atom. The fourth-order valence-corrected chi connectivity index (χ4v) is 4.24. The molecule has 1 aliphatic rings. The number of hydrogen-bond donors (Lipinski definition) is 1. The molecule has 94 valence electrons. The Bertz CT molecular complexity index is 653. The first-order valence-electron chi connectivity index (χ1n) is 5.51. The molecule has 0 aliphatic carbocycles. The first-order valence-corrected chi connectivity index (χ1v) is 8.04. The number of nitrogens with zero attached hydrogens (tertiary/aromatic N) is 2. The summed E-state index contributed by atoms with van der Waals surface area (Å²) in [4.78, 5) is 0.429. The molecule has 1 N–H and O–H groups in total. The monoisotopic (exact) mass is 281 g/mol. The molecule has 2 aromatic rings. The van der Waals surface area contributed by atoms with Crippen LogP contribution in [0.3, 0.4) is 0 Å². The molecule has 1 aliphatic heterocycles. The fraction of sp³-hybridized carbons (Fsp3) is 0.273. The van der Waals surface area contributed by atoms with Gasteiger partial charge < -0.3 is 5.32 Å². The van der Waals surface area contributed by atoms with Gasteiger partial charge in [0.25, 0.3) is 0 Å². The Kier molecular flexibility index (Phi) is 2.79. The SMILES string of the molecule is O=S1(=O)CCC(Nc2nncs2)c2ccccc21. The molecule has 0 amide bonds. The van der Waals surface area contributed by atoms with Crippen LogP contribution in [0.5, 0.6) is 0 Å².